The van der Waals surface area contributed by atoms with Crippen molar-refractivity contribution in [2.75, 3.05) is 0 Å². The SMILES string of the molecule is C=CC(C)NCc1csc(Br)c1. The average Bonchev–Trinajstić information content (AvgIpc) is 2.47. The van der Waals surface area contributed by atoms with E-state index in [2.05, 4.69) is 46.2 Å². The molecule has 0 fully saturated rings. The number of hydrogen-bond donors (Lipinski definition) is 1. The van der Waals surface area contributed by atoms with Gasteiger partial charge >= 0.3 is 0 Å². The highest BCUT2D eigenvalue weighted by Gasteiger charge is 1.98. The van der Waals surface area contributed by atoms with E-state index < -0.39 is 0 Å². The molecular weight excluding hydrogens is 234 g/mol. The van der Waals surface area contributed by atoms with Crippen molar-refractivity contribution in [2.24, 2.45) is 0 Å². The third kappa shape index (κ3) is 3.09. The molecule has 0 aliphatic heterocycles. The molecule has 1 aromatic heterocycles. The van der Waals surface area contributed by atoms with Crippen LogP contribution in [0.2, 0.25) is 0 Å². The normalized spacial score (nSPS) is 12.8. The molecule has 1 nitrogen and oxygen atoms in total. The van der Waals surface area contributed by atoms with Crippen LogP contribution in [0.1, 0.15) is 12.5 Å². The Hall–Kier alpha value is -0.120. The van der Waals surface area contributed by atoms with Crippen molar-refractivity contribution in [2.45, 2.75) is 19.5 Å². The van der Waals surface area contributed by atoms with Crippen LogP contribution in [0.3, 0.4) is 0 Å². The molecule has 0 spiro atoms. The summed E-state index contributed by atoms with van der Waals surface area (Å²) in [6.07, 6.45) is 1.90. The van der Waals surface area contributed by atoms with Gasteiger partial charge in [0.1, 0.15) is 0 Å². The van der Waals surface area contributed by atoms with E-state index in [1.165, 1.54) is 9.35 Å². The molecule has 1 N–H and O–H groups in total. The zero-order chi connectivity index (χ0) is 8.97. The fourth-order valence-corrected chi connectivity index (χ4v) is 2.01. The Balaban J connectivity index is 2.37. The number of thiophene rings is 1. The lowest BCUT2D eigenvalue weighted by molar-refractivity contribution is 0.635. The summed E-state index contributed by atoms with van der Waals surface area (Å²) in [5, 5.41) is 5.48. The molecule has 0 bridgehead atoms. The second-order valence-electron chi connectivity index (χ2n) is 2.66. The minimum atomic E-state index is 0.378. The molecule has 1 unspecified atom stereocenters. The molecule has 1 aromatic rings. The molecule has 1 atom stereocenters. The number of hydrogen-bond acceptors (Lipinski definition) is 2. The topological polar surface area (TPSA) is 12.0 Å². The van der Waals surface area contributed by atoms with Gasteiger partial charge in [-0.05, 0) is 39.9 Å². The summed E-state index contributed by atoms with van der Waals surface area (Å²) in [5.41, 5.74) is 1.32. The molecule has 1 rings (SSSR count). The van der Waals surface area contributed by atoms with Gasteiger partial charge in [0.25, 0.3) is 0 Å². The predicted molar refractivity (Wildman–Crippen MR) is 58.5 cm³/mol. The van der Waals surface area contributed by atoms with Gasteiger partial charge in [0.05, 0.1) is 3.79 Å². The van der Waals surface area contributed by atoms with E-state index in [0.717, 1.165) is 6.54 Å². The molecule has 0 saturated heterocycles. The minimum absolute atomic E-state index is 0.378. The minimum Gasteiger partial charge on any atom is -0.307 e. The van der Waals surface area contributed by atoms with E-state index in [1.54, 1.807) is 11.3 Å². The smallest absolute Gasteiger partial charge is 0.0701 e. The van der Waals surface area contributed by atoms with E-state index in [9.17, 15) is 0 Å². The Labute approximate surface area is 85.6 Å². The van der Waals surface area contributed by atoms with Crippen molar-refractivity contribution in [3.8, 4) is 0 Å². The third-order valence-corrected chi connectivity index (χ3v) is 3.16. The molecule has 0 aromatic carbocycles. The summed E-state index contributed by atoms with van der Waals surface area (Å²) >= 11 is 5.14. The standard InChI is InChI=1S/C9H12BrNS/c1-3-7(2)11-5-8-4-9(10)12-6-8/h3-4,6-7,11H,1,5H2,2H3. The van der Waals surface area contributed by atoms with E-state index in [4.69, 9.17) is 0 Å². The van der Waals surface area contributed by atoms with Crippen LogP contribution in [0.5, 0.6) is 0 Å². The first-order valence-electron chi connectivity index (χ1n) is 3.81. The summed E-state index contributed by atoms with van der Waals surface area (Å²) in [6, 6.07) is 2.51. The van der Waals surface area contributed by atoms with E-state index in [0.29, 0.717) is 6.04 Å². The largest absolute Gasteiger partial charge is 0.307 e. The van der Waals surface area contributed by atoms with Gasteiger partial charge in [-0.2, -0.15) is 0 Å². The van der Waals surface area contributed by atoms with Crippen molar-refractivity contribution in [3.63, 3.8) is 0 Å². The van der Waals surface area contributed by atoms with Crippen molar-refractivity contribution >= 4 is 27.3 Å². The van der Waals surface area contributed by atoms with Crippen LogP contribution in [-0.2, 0) is 6.54 Å². The van der Waals surface area contributed by atoms with Crippen molar-refractivity contribution in [3.05, 3.63) is 33.5 Å². The highest BCUT2D eigenvalue weighted by Crippen LogP contribution is 2.20. The Morgan fingerprint density at radius 1 is 1.83 bits per heavy atom. The quantitative estimate of drug-likeness (QED) is 0.804. The van der Waals surface area contributed by atoms with E-state index >= 15 is 0 Å². The molecule has 1 heterocycles. The molecule has 0 saturated carbocycles. The zero-order valence-corrected chi connectivity index (χ0v) is 9.41. The summed E-state index contributed by atoms with van der Waals surface area (Å²) in [5.74, 6) is 0. The first-order chi connectivity index (χ1) is 5.72. The first kappa shape index (κ1) is 9.96. The Kier molecular flexibility index (Phi) is 3.98. The van der Waals surface area contributed by atoms with Crippen LogP contribution >= 0.6 is 27.3 Å². The maximum Gasteiger partial charge on any atom is 0.0701 e. The molecule has 0 aliphatic carbocycles. The van der Waals surface area contributed by atoms with Crippen molar-refractivity contribution in [1.82, 2.24) is 5.32 Å². The van der Waals surface area contributed by atoms with Crippen LogP contribution in [0.15, 0.2) is 27.9 Å². The molecule has 0 aliphatic rings. The van der Waals surface area contributed by atoms with Crippen molar-refractivity contribution in [1.29, 1.82) is 0 Å². The number of rotatable bonds is 4. The summed E-state index contributed by atoms with van der Waals surface area (Å²) in [6.45, 7) is 6.71. The maximum atomic E-state index is 3.71. The van der Waals surface area contributed by atoms with Gasteiger partial charge in [0.2, 0.25) is 0 Å². The predicted octanol–water partition coefficient (Wildman–Crippen LogP) is 3.17. The van der Waals surface area contributed by atoms with E-state index in [-0.39, 0.29) is 0 Å². The first-order valence-corrected chi connectivity index (χ1v) is 5.48. The van der Waals surface area contributed by atoms with Gasteiger partial charge in [-0.1, -0.05) is 6.08 Å². The van der Waals surface area contributed by atoms with Crippen LogP contribution in [0.25, 0.3) is 0 Å². The van der Waals surface area contributed by atoms with E-state index in [1.807, 2.05) is 6.08 Å². The monoisotopic (exact) mass is 245 g/mol. The fourth-order valence-electron chi connectivity index (χ4n) is 0.801. The highest BCUT2D eigenvalue weighted by atomic mass is 79.9. The van der Waals surface area contributed by atoms with Crippen LogP contribution < -0.4 is 5.32 Å². The molecule has 3 heteroatoms. The summed E-state index contributed by atoms with van der Waals surface area (Å²) in [4.78, 5) is 0. The lowest BCUT2D eigenvalue weighted by atomic mass is 10.3. The second kappa shape index (κ2) is 4.80. The summed E-state index contributed by atoms with van der Waals surface area (Å²) in [7, 11) is 0. The highest BCUT2D eigenvalue weighted by molar-refractivity contribution is 9.11. The molecule has 0 radical (unpaired) electrons. The van der Waals surface area contributed by atoms with Crippen LogP contribution in [0.4, 0.5) is 0 Å². The van der Waals surface area contributed by atoms with Crippen molar-refractivity contribution < 1.29 is 0 Å². The lowest BCUT2D eigenvalue weighted by Gasteiger charge is -2.06. The van der Waals surface area contributed by atoms with Gasteiger partial charge in [-0.3, -0.25) is 0 Å². The molecule has 0 amide bonds. The molecular formula is C9H12BrNS. The van der Waals surface area contributed by atoms with Crippen LogP contribution in [-0.4, -0.2) is 6.04 Å². The Bertz CT molecular complexity index is 257. The van der Waals surface area contributed by atoms with Crippen LogP contribution in [0, 0.1) is 0 Å². The average molecular weight is 246 g/mol. The number of nitrogens with one attached hydrogen (secondary N) is 1. The fraction of sp³-hybridized carbons (Fsp3) is 0.333. The third-order valence-electron chi connectivity index (χ3n) is 1.60. The van der Waals surface area contributed by atoms with Gasteiger partial charge in [0.15, 0.2) is 0 Å². The second-order valence-corrected chi connectivity index (χ2v) is 4.95. The number of halogens is 1. The zero-order valence-electron chi connectivity index (χ0n) is 7.01. The molecule has 66 valence electrons. The Morgan fingerprint density at radius 2 is 2.58 bits per heavy atom. The Morgan fingerprint density at radius 3 is 3.08 bits per heavy atom. The lowest BCUT2D eigenvalue weighted by Crippen LogP contribution is -2.22. The van der Waals surface area contributed by atoms with Gasteiger partial charge in [0, 0.05) is 12.6 Å². The summed E-state index contributed by atoms with van der Waals surface area (Å²) < 4.78 is 1.19. The van der Waals surface area contributed by atoms with Gasteiger partial charge < -0.3 is 5.32 Å². The maximum absolute atomic E-state index is 3.71. The molecule has 12 heavy (non-hydrogen) atoms. The van der Waals surface area contributed by atoms with Gasteiger partial charge in [-0.25, -0.2) is 0 Å². The van der Waals surface area contributed by atoms with Gasteiger partial charge in [-0.15, -0.1) is 17.9 Å².